The molecule has 6 nitrogen and oxygen atoms in total. The lowest BCUT2D eigenvalue weighted by molar-refractivity contribution is 0.531. The van der Waals surface area contributed by atoms with Crippen LogP contribution in [0.5, 0.6) is 0 Å². The van der Waals surface area contributed by atoms with Crippen molar-refractivity contribution in [2.75, 3.05) is 0 Å². The molecule has 3 aromatic heterocycles. The van der Waals surface area contributed by atoms with Crippen molar-refractivity contribution in [2.45, 2.75) is 6.54 Å². The monoisotopic (exact) mass is 542 g/mol. The molecule has 0 fully saturated rings. The molecule has 6 heteroatoms. The summed E-state index contributed by atoms with van der Waals surface area (Å²) in [6.07, 6.45) is 1.99. The van der Waals surface area contributed by atoms with E-state index in [0.29, 0.717) is 24.0 Å². The van der Waals surface area contributed by atoms with Crippen LogP contribution < -0.4 is 5.32 Å². The number of rotatable bonds is 3. The van der Waals surface area contributed by atoms with E-state index in [-0.39, 0.29) is 0 Å². The zero-order valence-corrected chi connectivity index (χ0v) is 22.3. The molecule has 0 spiro atoms. The van der Waals surface area contributed by atoms with Crippen LogP contribution in [0.15, 0.2) is 124 Å². The van der Waals surface area contributed by atoms with E-state index >= 15 is 0 Å². The van der Waals surface area contributed by atoms with E-state index in [9.17, 15) is 0 Å². The van der Waals surface area contributed by atoms with Gasteiger partial charge in [-0.25, -0.2) is 15.0 Å². The molecule has 0 saturated heterocycles. The Kier molecular flexibility index (Phi) is 4.86. The van der Waals surface area contributed by atoms with Crippen LogP contribution in [0.4, 0.5) is 0 Å². The largest absolute Gasteiger partial charge is 0.458 e. The molecule has 8 aromatic rings. The highest BCUT2D eigenvalue weighted by Gasteiger charge is 2.26. The van der Waals surface area contributed by atoms with Gasteiger partial charge in [0.25, 0.3) is 0 Å². The topological polar surface area (TPSA) is 77.0 Å². The van der Waals surface area contributed by atoms with E-state index in [2.05, 4.69) is 47.8 Å². The number of nitrogens with zero attached hydrogens (tertiary/aromatic N) is 3. The zero-order chi connectivity index (χ0) is 27.6. The maximum atomic E-state index is 6.39. The SMILES string of the molecule is C1=C(c2nc(-c3ccccc3)nc(-c3cccc4oc5ccccc5c34)n2)c2c(oc3cc4ccccc4cc23)CN1. The maximum absolute atomic E-state index is 6.39. The highest BCUT2D eigenvalue weighted by Crippen LogP contribution is 2.40. The summed E-state index contributed by atoms with van der Waals surface area (Å²) in [5.41, 5.74) is 6.17. The van der Waals surface area contributed by atoms with Crippen LogP contribution in [0.3, 0.4) is 0 Å². The third-order valence-electron chi connectivity index (χ3n) is 7.96. The predicted molar refractivity (Wildman–Crippen MR) is 166 cm³/mol. The van der Waals surface area contributed by atoms with Gasteiger partial charge in [-0.3, -0.25) is 0 Å². The molecule has 198 valence electrons. The molecule has 1 aliphatic rings. The van der Waals surface area contributed by atoms with Gasteiger partial charge in [0.15, 0.2) is 17.5 Å². The van der Waals surface area contributed by atoms with Crippen molar-refractivity contribution in [3.8, 4) is 22.8 Å². The lowest BCUT2D eigenvalue weighted by Crippen LogP contribution is -2.14. The minimum absolute atomic E-state index is 0.577. The summed E-state index contributed by atoms with van der Waals surface area (Å²) >= 11 is 0. The molecule has 0 amide bonds. The standard InChI is InChI=1S/C36H22N4O2/c1-2-9-21(10-3-1)34-38-35(25-14-8-16-29-32(25)24-13-6-7-15-28(24)41-29)40-36(39-34)27-19-37-20-31-33(27)26-17-22-11-4-5-12-23(22)18-30(26)42-31/h1-19,37H,20H2. The first-order valence-corrected chi connectivity index (χ1v) is 13.9. The summed E-state index contributed by atoms with van der Waals surface area (Å²) in [6.45, 7) is 0.591. The van der Waals surface area contributed by atoms with Gasteiger partial charge in [0.05, 0.1) is 6.54 Å². The van der Waals surface area contributed by atoms with Crippen LogP contribution in [0, 0.1) is 0 Å². The van der Waals surface area contributed by atoms with Gasteiger partial charge in [0.2, 0.25) is 0 Å². The van der Waals surface area contributed by atoms with Gasteiger partial charge in [-0.1, -0.05) is 84.9 Å². The van der Waals surface area contributed by atoms with Gasteiger partial charge >= 0.3 is 0 Å². The number of nitrogens with one attached hydrogen (secondary N) is 1. The molecule has 0 radical (unpaired) electrons. The Bertz CT molecular complexity index is 2370. The Balaban J connectivity index is 1.31. The average Bonchev–Trinajstić information content (AvgIpc) is 3.61. The summed E-state index contributed by atoms with van der Waals surface area (Å²) in [5.74, 6) is 2.63. The number of hydrogen-bond acceptors (Lipinski definition) is 6. The number of hydrogen-bond donors (Lipinski definition) is 1. The minimum Gasteiger partial charge on any atom is -0.458 e. The maximum Gasteiger partial charge on any atom is 0.166 e. The third kappa shape index (κ3) is 3.48. The van der Waals surface area contributed by atoms with E-state index < -0.39 is 0 Å². The van der Waals surface area contributed by atoms with Crippen molar-refractivity contribution in [2.24, 2.45) is 0 Å². The summed E-state index contributed by atoms with van der Waals surface area (Å²) in [7, 11) is 0. The molecular weight excluding hydrogens is 520 g/mol. The number of para-hydroxylation sites is 1. The molecule has 1 aliphatic heterocycles. The summed E-state index contributed by atoms with van der Waals surface area (Å²) in [6, 6.07) is 36.8. The molecule has 9 rings (SSSR count). The average molecular weight is 543 g/mol. The normalized spacial score (nSPS) is 13.0. The summed E-state index contributed by atoms with van der Waals surface area (Å²) in [5, 5.41) is 8.75. The van der Waals surface area contributed by atoms with Crippen LogP contribution in [0.2, 0.25) is 0 Å². The fourth-order valence-electron chi connectivity index (χ4n) is 6.04. The fourth-order valence-corrected chi connectivity index (χ4v) is 6.04. The van der Waals surface area contributed by atoms with Gasteiger partial charge in [-0.05, 0) is 35.0 Å². The van der Waals surface area contributed by atoms with Crippen molar-refractivity contribution < 1.29 is 8.83 Å². The highest BCUT2D eigenvalue weighted by atomic mass is 16.3. The summed E-state index contributed by atoms with van der Waals surface area (Å²) in [4.78, 5) is 15.2. The van der Waals surface area contributed by atoms with Crippen LogP contribution in [-0.2, 0) is 6.54 Å². The van der Waals surface area contributed by atoms with E-state index in [4.69, 9.17) is 23.8 Å². The van der Waals surface area contributed by atoms with Crippen molar-refractivity contribution in [1.29, 1.82) is 0 Å². The quantitative estimate of drug-likeness (QED) is 0.241. The summed E-state index contributed by atoms with van der Waals surface area (Å²) < 4.78 is 12.6. The molecule has 0 bridgehead atoms. The van der Waals surface area contributed by atoms with Gasteiger partial charge in [-0.2, -0.15) is 0 Å². The molecule has 0 aliphatic carbocycles. The van der Waals surface area contributed by atoms with E-state index in [0.717, 1.165) is 71.7 Å². The Morgan fingerprint density at radius 3 is 2.21 bits per heavy atom. The van der Waals surface area contributed by atoms with Crippen molar-refractivity contribution in [1.82, 2.24) is 20.3 Å². The molecule has 1 N–H and O–H groups in total. The Morgan fingerprint density at radius 1 is 0.571 bits per heavy atom. The lowest BCUT2D eigenvalue weighted by Gasteiger charge is -2.15. The number of furan rings is 2. The first-order chi connectivity index (χ1) is 20.8. The van der Waals surface area contributed by atoms with Crippen molar-refractivity contribution in [3.05, 3.63) is 133 Å². The second kappa shape index (κ2) is 8.88. The third-order valence-corrected chi connectivity index (χ3v) is 7.96. The molecule has 0 saturated carbocycles. The second-order valence-electron chi connectivity index (χ2n) is 10.5. The molecular formula is C36H22N4O2. The molecule has 4 heterocycles. The van der Waals surface area contributed by atoms with Crippen molar-refractivity contribution >= 4 is 49.3 Å². The molecule has 0 unspecified atom stereocenters. The van der Waals surface area contributed by atoms with Gasteiger partial charge < -0.3 is 14.2 Å². The van der Waals surface area contributed by atoms with Crippen LogP contribution in [0.1, 0.15) is 17.1 Å². The number of fused-ring (bicyclic) bond motifs is 7. The van der Waals surface area contributed by atoms with Crippen LogP contribution in [-0.4, -0.2) is 15.0 Å². The smallest absolute Gasteiger partial charge is 0.166 e. The molecule has 0 atom stereocenters. The zero-order valence-electron chi connectivity index (χ0n) is 22.3. The first-order valence-electron chi connectivity index (χ1n) is 13.9. The minimum atomic E-state index is 0.577. The van der Waals surface area contributed by atoms with Crippen molar-refractivity contribution in [3.63, 3.8) is 0 Å². The molecule has 42 heavy (non-hydrogen) atoms. The van der Waals surface area contributed by atoms with Gasteiger partial charge in [-0.15, -0.1) is 0 Å². The molecule has 5 aromatic carbocycles. The predicted octanol–water partition coefficient (Wildman–Crippen LogP) is 8.50. The fraction of sp³-hybridized carbons (Fsp3) is 0.0278. The Morgan fingerprint density at radius 2 is 1.31 bits per heavy atom. The van der Waals surface area contributed by atoms with Crippen LogP contribution >= 0.6 is 0 Å². The second-order valence-corrected chi connectivity index (χ2v) is 10.5. The lowest BCUT2D eigenvalue weighted by atomic mass is 9.97. The highest BCUT2D eigenvalue weighted by molar-refractivity contribution is 6.12. The number of aromatic nitrogens is 3. The number of benzene rings is 5. The Hall–Kier alpha value is -5.75. The van der Waals surface area contributed by atoms with Gasteiger partial charge in [0.1, 0.15) is 22.5 Å². The van der Waals surface area contributed by atoms with E-state index in [1.165, 1.54) is 0 Å². The first kappa shape index (κ1) is 23.0. The van der Waals surface area contributed by atoms with E-state index in [1.807, 2.05) is 72.9 Å². The van der Waals surface area contributed by atoms with Gasteiger partial charge in [0, 0.05) is 44.6 Å². The van der Waals surface area contributed by atoms with Crippen LogP contribution in [0.25, 0.3) is 72.0 Å². The Labute approximate surface area is 240 Å². The van der Waals surface area contributed by atoms with E-state index in [1.54, 1.807) is 0 Å².